The number of anilines is 1. The molecule has 3 nitrogen and oxygen atoms in total. The van der Waals surface area contributed by atoms with E-state index >= 15 is 0 Å². The molecule has 1 amide bonds. The predicted molar refractivity (Wildman–Crippen MR) is 74.9 cm³/mol. The first-order valence-corrected chi connectivity index (χ1v) is 6.23. The smallest absolute Gasteiger partial charge is 0.256 e. The molecule has 0 heterocycles. The fraction of sp³-hybridized carbons (Fsp3) is 0.0714. The van der Waals surface area contributed by atoms with Gasteiger partial charge in [-0.25, -0.2) is 0 Å². The first kappa shape index (κ1) is 12.6. The van der Waals surface area contributed by atoms with Crippen molar-refractivity contribution in [3.63, 3.8) is 0 Å². The summed E-state index contributed by atoms with van der Waals surface area (Å²) >= 11 is 3.34. The van der Waals surface area contributed by atoms with Crippen LogP contribution in [0.15, 0.2) is 46.9 Å². The number of halogens is 1. The Bertz CT molecular complexity index is 596. The third-order valence-electron chi connectivity index (χ3n) is 2.52. The minimum absolute atomic E-state index is 0.0506. The summed E-state index contributed by atoms with van der Waals surface area (Å²) in [6, 6.07) is 12.2. The van der Waals surface area contributed by atoms with Crippen LogP contribution >= 0.6 is 15.9 Å². The Hall–Kier alpha value is -1.81. The molecule has 0 atom stereocenters. The molecule has 92 valence electrons. The molecule has 2 aromatic rings. The van der Waals surface area contributed by atoms with Gasteiger partial charge in [-0.15, -0.1) is 0 Å². The molecule has 0 spiro atoms. The van der Waals surface area contributed by atoms with Gasteiger partial charge in [-0.2, -0.15) is 0 Å². The molecule has 2 rings (SSSR count). The standard InChI is InChI=1S/C14H12BrNO2/c1-9-6-7-11(15)10(8-9)14(18)16-12-4-2-3-5-13(12)17/h2-8,17H,1H3,(H,16,18). The SMILES string of the molecule is Cc1ccc(Br)c(C(=O)Nc2ccccc2O)c1. The predicted octanol–water partition coefficient (Wildman–Crippen LogP) is 3.72. The van der Waals surface area contributed by atoms with E-state index in [0.29, 0.717) is 11.3 Å². The van der Waals surface area contributed by atoms with Crippen molar-refractivity contribution in [2.45, 2.75) is 6.92 Å². The van der Waals surface area contributed by atoms with Gasteiger partial charge in [0, 0.05) is 4.47 Å². The maximum absolute atomic E-state index is 12.1. The van der Waals surface area contributed by atoms with Gasteiger partial charge >= 0.3 is 0 Å². The number of aromatic hydroxyl groups is 1. The molecule has 2 aromatic carbocycles. The van der Waals surface area contributed by atoms with Gasteiger partial charge in [0.05, 0.1) is 11.3 Å². The number of carbonyl (C=O) groups is 1. The first-order valence-electron chi connectivity index (χ1n) is 5.43. The van der Waals surface area contributed by atoms with Crippen LogP contribution in [0.3, 0.4) is 0 Å². The Morgan fingerprint density at radius 2 is 1.94 bits per heavy atom. The maximum atomic E-state index is 12.1. The van der Waals surface area contributed by atoms with Crippen LogP contribution in [0.2, 0.25) is 0 Å². The molecule has 18 heavy (non-hydrogen) atoms. The highest BCUT2D eigenvalue weighted by molar-refractivity contribution is 9.10. The topological polar surface area (TPSA) is 49.3 Å². The second-order valence-electron chi connectivity index (χ2n) is 3.95. The van der Waals surface area contributed by atoms with E-state index in [1.165, 1.54) is 6.07 Å². The zero-order chi connectivity index (χ0) is 13.1. The molecule has 0 aliphatic carbocycles. The molecule has 0 saturated carbocycles. The lowest BCUT2D eigenvalue weighted by Gasteiger charge is -2.09. The largest absolute Gasteiger partial charge is 0.506 e. The van der Waals surface area contributed by atoms with E-state index in [1.807, 2.05) is 19.1 Å². The Labute approximate surface area is 114 Å². The van der Waals surface area contributed by atoms with E-state index in [0.717, 1.165) is 10.0 Å². The number of carbonyl (C=O) groups excluding carboxylic acids is 1. The Balaban J connectivity index is 2.28. The second kappa shape index (κ2) is 5.23. The highest BCUT2D eigenvalue weighted by Crippen LogP contribution is 2.24. The number of hydrogen-bond donors (Lipinski definition) is 2. The van der Waals surface area contributed by atoms with Crippen molar-refractivity contribution < 1.29 is 9.90 Å². The van der Waals surface area contributed by atoms with Crippen LogP contribution in [0.4, 0.5) is 5.69 Å². The molecule has 0 aliphatic rings. The number of phenolic OH excluding ortho intramolecular Hbond substituents is 1. The van der Waals surface area contributed by atoms with Crippen molar-refractivity contribution >= 4 is 27.5 Å². The van der Waals surface area contributed by atoms with Gasteiger partial charge in [-0.05, 0) is 47.1 Å². The maximum Gasteiger partial charge on any atom is 0.256 e. The number of nitrogens with one attached hydrogen (secondary N) is 1. The number of aryl methyl sites for hydroxylation is 1. The van der Waals surface area contributed by atoms with Crippen molar-refractivity contribution in [1.29, 1.82) is 0 Å². The fourth-order valence-corrected chi connectivity index (χ4v) is 2.01. The molecular formula is C14H12BrNO2. The van der Waals surface area contributed by atoms with Crippen LogP contribution in [0.25, 0.3) is 0 Å². The summed E-state index contributed by atoms with van der Waals surface area (Å²) in [6.07, 6.45) is 0. The van der Waals surface area contributed by atoms with Gasteiger partial charge in [-0.3, -0.25) is 4.79 Å². The van der Waals surface area contributed by atoms with Crippen LogP contribution in [0.5, 0.6) is 5.75 Å². The molecule has 4 heteroatoms. The summed E-state index contributed by atoms with van der Waals surface area (Å²) in [5.41, 5.74) is 1.94. The molecule has 0 fully saturated rings. The van der Waals surface area contributed by atoms with Crippen LogP contribution in [0.1, 0.15) is 15.9 Å². The fourth-order valence-electron chi connectivity index (χ4n) is 1.58. The van der Waals surface area contributed by atoms with Crippen molar-refractivity contribution in [2.75, 3.05) is 5.32 Å². The zero-order valence-electron chi connectivity index (χ0n) is 9.77. The minimum atomic E-state index is -0.257. The number of phenols is 1. The molecular weight excluding hydrogens is 294 g/mol. The quantitative estimate of drug-likeness (QED) is 0.831. The van der Waals surface area contributed by atoms with Crippen molar-refractivity contribution in [3.05, 3.63) is 58.1 Å². The Morgan fingerprint density at radius 1 is 1.22 bits per heavy atom. The van der Waals surface area contributed by atoms with E-state index < -0.39 is 0 Å². The van der Waals surface area contributed by atoms with Crippen LogP contribution in [0, 0.1) is 6.92 Å². The van der Waals surface area contributed by atoms with Crippen LogP contribution in [-0.4, -0.2) is 11.0 Å². The lowest BCUT2D eigenvalue weighted by atomic mass is 10.1. The Kier molecular flexibility index (Phi) is 3.67. The molecule has 2 N–H and O–H groups in total. The number of para-hydroxylation sites is 2. The normalized spacial score (nSPS) is 10.1. The summed E-state index contributed by atoms with van der Waals surface area (Å²) in [6.45, 7) is 1.92. The third kappa shape index (κ3) is 2.71. The van der Waals surface area contributed by atoms with E-state index in [-0.39, 0.29) is 11.7 Å². The monoisotopic (exact) mass is 305 g/mol. The third-order valence-corrected chi connectivity index (χ3v) is 3.21. The summed E-state index contributed by atoms with van der Waals surface area (Å²) < 4.78 is 0.723. The lowest BCUT2D eigenvalue weighted by molar-refractivity contribution is 0.102. The van der Waals surface area contributed by atoms with E-state index in [9.17, 15) is 9.90 Å². The molecule has 0 unspecified atom stereocenters. The molecule has 0 aromatic heterocycles. The average molecular weight is 306 g/mol. The lowest BCUT2D eigenvalue weighted by Crippen LogP contribution is -2.12. The molecule has 0 bridgehead atoms. The van der Waals surface area contributed by atoms with Gasteiger partial charge in [0.15, 0.2) is 0 Å². The minimum Gasteiger partial charge on any atom is -0.506 e. The number of rotatable bonds is 2. The first-order chi connectivity index (χ1) is 8.58. The molecule has 0 aliphatic heterocycles. The van der Waals surface area contributed by atoms with Crippen molar-refractivity contribution in [2.24, 2.45) is 0 Å². The van der Waals surface area contributed by atoms with Crippen molar-refractivity contribution in [3.8, 4) is 5.75 Å². The van der Waals surface area contributed by atoms with Gasteiger partial charge < -0.3 is 10.4 Å². The number of benzene rings is 2. The highest BCUT2D eigenvalue weighted by atomic mass is 79.9. The molecule has 0 saturated heterocycles. The van der Waals surface area contributed by atoms with E-state index in [2.05, 4.69) is 21.2 Å². The summed E-state index contributed by atoms with van der Waals surface area (Å²) in [5.74, 6) is -0.207. The average Bonchev–Trinajstić information content (AvgIpc) is 2.35. The van der Waals surface area contributed by atoms with Crippen molar-refractivity contribution in [1.82, 2.24) is 0 Å². The van der Waals surface area contributed by atoms with E-state index in [4.69, 9.17) is 0 Å². The van der Waals surface area contributed by atoms with Gasteiger partial charge in [0.25, 0.3) is 5.91 Å². The van der Waals surface area contributed by atoms with E-state index in [1.54, 1.807) is 24.3 Å². The van der Waals surface area contributed by atoms with Gasteiger partial charge in [0.2, 0.25) is 0 Å². The number of hydrogen-bond acceptors (Lipinski definition) is 2. The van der Waals surface area contributed by atoms with Crippen LogP contribution < -0.4 is 5.32 Å². The highest BCUT2D eigenvalue weighted by Gasteiger charge is 2.11. The summed E-state index contributed by atoms with van der Waals surface area (Å²) in [5, 5.41) is 12.3. The Morgan fingerprint density at radius 3 is 2.67 bits per heavy atom. The summed E-state index contributed by atoms with van der Waals surface area (Å²) in [7, 11) is 0. The molecule has 0 radical (unpaired) electrons. The summed E-state index contributed by atoms with van der Waals surface area (Å²) in [4.78, 5) is 12.1. The van der Waals surface area contributed by atoms with Gasteiger partial charge in [0.1, 0.15) is 5.75 Å². The zero-order valence-corrected chi connectivity index (χ0v) is 11.4. The second-order valence-corrected chi connectivity index (χ2v) is 4.81. The van der Waals surface area contributed by atoms with Gasteiger partial charge in [-0.1, -0.05) is 23.8 Å². The number of amides is 1. The van der Waals surface area contributed by atoms with Crippen LogP contribution in [-0.2, 0) is 0 Å².